The van der Waals surface area contributed by atoms with Gasteiger partial charge >= 0.3 is 21.6 Å². The van der Waals surface area contributed by atoms with Crippen molar-refractivity contribution in [3.05, 3.63) is 119 Å². The number of carbonyl (C=O) groups is 1. The van der Waals surface area contributed by atoms with Crippen molar-refractivity contribution < 1.29 is 40.0 Å². The second-order valence-electron chi connectivity index (χ2n) is 8.61. The van der Waals surface area contributed by atoms with Crippen molar-refractivity contribution in [1.82, 2.24) is 0 Å². The highest BCUT2D eigenvalue weighted by Crippen LogP contribution is 2.40. The van der Waals surface area contributed by atoms with E-state index in [4.69, 9.17) is 4.74 Å². The van der Waals surface area contributed by atoms with Crippen molar-refractivity contribution in [2.45, 2.75) is 37.3 Å². The van der Waals surface area contributed by atoms with Crippen molar-refractivity contribution in [3.8, 4) is 0 Å². The maximum atomic E-state index is 12.9. The van der Waals surface area contributed by atoms with Crippen LogP contribution in [0, 0.1) is 0 Å². The van der Waals surface area contributed by atoms with Crippen molar-refractivity contribution in [2.24, 2.45) is 0 Å². The summed E-state index contributed by atoms with van der Waals surface area (Å²) in [6, 6.07) is 28.9. The van der Waals surface area contributed by atoms with Crippen LogP contribution in [0.1, 0.15) is 42.9 Å². The highest BCUT2D eigenvalue weighted by molar-refractivity contribution is 7.87. The van der Waals surface area contributed by atoms with Gasteiger partial charge in [0.2, 0.25) is 0 Å². The lowest BCUT2D eigenvalue weighted by Crippen LogP contribution is -2.33. The van der Waals surface area contributed by atoms with Gasteiger partial charge in [0.1, 0.15) is 11.4 Å². The van der Waals surface area contributed by atoms with Crippen LogP contribution in [0.3, 0.4) is 0 Å². The number of alkyl halides is 3. The minimum absolute atomic E-state index is 0.162. The van der Waals surface area contributed by atoms with Crippen LogP contribution in [0.5, 0.6) is 0 Å². The summed E-state index contributed by atoms with van der Waals surface area (Å²) in [4.78, 5) is 11.9. The first kappa shape index (κ1) is 29.9. The first-order valence-electron chi connectivity index (χ1n) is 12.1. The number of methoxy groups -OCH3 is 1. The third-order valence-electron chi connectivity index (χ3n) is 6.06. The summed E-state index contributed by atoms with van der Waals surface area (Å²) in [5.41, 5.74) is -4.35. The summed E-state index contributed by atoms with van der Waals surface area (Å²) in [6.07, 6.45) is 0.238. The molecule has 0 atom stereocenters. The molecule has 0 aliphatic rings. The number of halogens is 3. The van der Waals surface area contributed by atoms with Crippen LogP contribution >= 0.6 is 0 Å². The van der Waals surface area contributed by atoms with Crippen molar-refractivity contribution >= 4 is 16.1 Å². The zero-order valence-electron chi connectivity index (χ0n) is 21.5. The topological polar surface area (TPSA) is 78.9 Å². The number of unbranched alkanes of at least 4 members (excludes halogenated alkanes) is 1. The van der Waals surface area contributed by atoms with Gasteiger partial charge in [0, 0.05) is 13.0 Å². The molecule has 0 unspecified atom stereocenters. The van der Waals surface area contributed by atoms with Crippen LogP contribution < -0.4 is 0 Å². The van der Waals surface area contributed by atoms with E-state index in [1.165, 1.54) is 0 Å². The molecule has 0 saturated heterocycles. The van der Waals surface area contributed by atoms with Crippen LogP contribution in [-0.2, 0) is 34.2 Å². The van der Waals surface area contributed by atoms with Gasteiger partial charge < -0.3 is 13.7 Å². The van der Waals surface area contributed by atoms with Gasteiger partial charge in [-0.15, -0.1) is 0 Å². The summed E-state index contributed by atoms with van der Waals surface area (Å²) >= 11 is 0. The maximum absolute atomic E-state index is 12.9. The van der Waals surface area contributed by atoms with E-state index in [-0.39, 0.29) is 25.0 Å². The number of ether oxygens (including phenoxy) is 2. The molecule has 39 heavy (non-hydrogen) atoms. The molecule has 0 N–H and O–H groups in total. The molecule has 0 spiro atoms. The van der Waals surface area contributed by atoms with Crippen LogP contribution in [0.4, 0.5) is 13.2 Å². The van der Waals surface area contributed by atoms with Gasteiger partial charge in [-0.25, -0.2) is 4.79 Å². The maximum Gasteiger partial charge on any atom is 0.534 e. The van der Waals surface area contributed by atoms with Gasteiger partial charge in [0.15, 0.2) is 0 Å². The number of hydrogen-bond donors (Lipinski definition) is 0. The fourth-order valence-electron chi connectivity index (χ4n) is 4.12. The minimum Gasteiger partial charge on any atom is -0.466 e. The molecule has 3 rings (SSSR count). The third kappa shape index (κ3) is 7.07. The predicted molar refractivity (Wildman–Crippen MR) is 140 cm³/mol. The lowest BCUT2D eigenvalue weighted by atomic mass is 9.80. The molecule has 0 aromatic heterocycles. The Hall–Kier alpha value is -3.63. The first-order valence-corrected chi connectivity index (χ1v) is 13.5. The van der Waals surface area contributed by atoms with Gasteiger partial charge in [0.05, 0.1) is 12.7 Å². The van der Waals surface area contributed by atoms with Gasteiger partial charge in [-0.3, -0.25) is 0 Å². The van der Waals surface area contributed by atoms with E-state index in [2.05, 4.69) is 8.92 Å². The lowest BCUT2D eigenvalue weighted by molar-refractivity contribution is -0.136. The Labute approximate surface area is 226 Å². The molecule has 3 aromatic rings. The Kier molecular flexibility index (Phi) is 9.93. The van der Waals surface area contributed by atoms with Crippen LogP contribution in [-0.4, -0.2) is 33.6 Å². The summed E-state index contributed by atoms with van der Waals surface area (Å²) in [7, 11) is -4.92. The number of esters is 1. The Morgan fingerprint density at radius 3 is 1.59 bits per heavy atom. The van der Waals surface area contributed by atoms with Crippen LogP contribution in [0.2, 0.25) is 0 Å². The van der Waals surface area contributed by atoms with Gasteiger partial charge in [-0.1, -0.05) is 91.0 Å². The lowest BCUT2D eigenvalue weighted by Gasteiger charge is -2.36. The van der Waals surface area contributed by atoms with Crippen molar-refractivity contribution in [1.29, 1.82) is 0 Å². The fourth-order valence-corrected chi connectivity index (χ4v) is 4.69. The highest BCUT2D eigenvalue weighted by atomic mass is 32.2. The van der Waals surface area contributed by atoms with E-state index in [1.807, 2.05) is 91.0 Å². The van der Waals surface area contributed by atoms with Crippen LogP contribution in [0.25, 0.3) is 0 Å². The summed E-state index contributed by atoms with van der Waals surface area (Å²) in [5.74, 6) is -1.62. The first-order chi connectivity index (χ1) is 18.5. The highest BCUT2D eigenvalue weighted by Gasteiger charge is 2.49. The largest absolute Gasteiger partial charge is 0.534 e. The van der Waals surface area contributed by atoms with E-state index < -0.39 is 33.0 Å². The molecular formula is C29H29F3O6S. The van der Waals surface area contributed by atoms with Gasteiger partial charge in [-0.2, -0.15) is 21.6 Å². The van der Waals surface area contributed by atoms with Crippen molar-refractivity contribution in [3.63, 3.8) is 0 Å². The number of rotatable bonds is 12. The third-order valence-corrected chi connectivity index (χ3v) is 7.05. The van der Waals surface area contributed by atoms with E-state index >= 15 is 0 Å². The molecular weight excluding hydrogens is 533 g/mol. The van der Waals surface area contributed by atoms with Crippen LogP contribution in [0.15, 0.2) is 102 Å². The summed E-state index contributed by atoms with van der Waals surface area (Å²) in [5, 5.41) is 0. The summed E-state index contributed by atoms with van der Waals surface area (Å²) in [6.45, 7) is 1.31. The number of allylic oxidation sites excluding steroid dienone is 1. The minimum atomic E-state index is -5.95. The molecule has 0 aliphatic heterocycles. The van der Waals surface area contributed by atoms with Gasteiger partial charge in [-0.05, 0) is 36.5 Å². The molecule has 10 heteroatoms. The molecule has 208 valence electrons. The Bertz CT molecular complexity index is 1260. The number of benzene rings is 3. The van der Waals surface area contributed by atoms with E-state index in [9.17, 15) is 26.4 Å². The zero-order valence-corrected chi connectivity index (χ0v) is 22.3. The smallest absolute Gasteiger partial charge is 0.466 e. The Morgan fingerprint density at radius 2 is 1.21 bits per heavy atom. The molecule has 0 heterocycles. The molecule has 0 radical (unpaired) electrons. The Morgan fingerprint density at radius 1 is 0.769 bits per heavy atom. The molecule has 0 amide bonds. The molecule has 0 aliphatic carbocycles. The van der Waals surface area contributed by atoms with E-state index in [1.54, 1.807) is 0 Å². The average molecular weight is 563 g/mol. The number of hydrogen-bond acceptors (Lipinski definition) is 6. The normalized spacial score (nSPS) is 12.9. The SMILES string of the molecule is COC(=O)/C(C)=C(/CCCCOC(c1ccccc1)(c1ccccc1)c1ccccc1)OS(=O)(=O)C(F)(F)F. The molecule has 0 bridgehead atoms. The second-order valence-corrected chi connectivity index (χ2v) is 10.1. The quantitative estimate of drug-likeness (QED) is 0.0478. The standard InChI is InChI=1S/C29H29F3O6S/c1-22(27(33)36-2)26(38-39(34,35)29(30,31)32)20-12-13-21-37-28(23-14-6-3-7-15-23,24-16-8-4-9-17-24)25-18-10-5-11-19-25/h3-11,14-19H,12-13,20-21H2,1-2H3/b26-22-. The van der Waals surface area contributed by atoms with E-state index in [0.717, 1.165) is 30.7 Å². The molecule has 0 saturated carbocycles. The predicted octanol–water partition coefficient (Wildman–Crippen LogP) is 6.48. The summed E-state index contributed by atoms with van der Waals surface area (Å²) < 4.78 is 77.5. The average Bonchev–Trinajstić information content (AvgIpc) is 2.94. The molecule has 3 aromatic carbocycles. The van der Waals surface area contributed by atoms with E-state index in [0.29, 0.717) is 6.42 Å². The monoisotopic (exact) mass is 562 g/mol. The number of carbonyl (C=O) groups excluding carboxylic acids is 1. The fraction of sp³-hybridized carbons (Fsp3) is 0.276. The Balaban J connectivity index is 1.86. The molecule has 0 fully saturated rings. The van der Waals surface area contributed by atoms with Crippen molar-refractivity contribution in [2.75, 3.05) is 13.7 Å². The second kappa shape index (κ2) is 12.9. The zero-order chi connectivity index (χ0) is 28.5. The van der Waals surface area contributed by atoms with Gasteiger partial charge in [0.25, 0.3) is 0 Å². The molecule has 6 nitrogen and oxygen atoms in total.